The fourth-order valence-electron chi connectivity index (χ4n) is 5.00. The van der Waals surface area contributed by atoms with Crippen LogP contribution < -0.4 is 5.32 Å². The van der Waals surface area contributed by atoms with E-state index in [9.17, 15) is 9.59 Å². The fourth-order valence-corrected chi connectivity index (χ4v) is 5.90. The van der Waals surface area contributed by atoms with Crippen molar-refractivity contribution in [1.82, 2.24) is 15.1 Å². The molecule has 6 nitrogen and oxygen atoms in total. The van der Waals surface area contributed by atoms with E-state index >= 15 is 0 Å². The van der Waals surface area contributed by atoms with Crippen LogP contribution in [-0.2, 0) is 16.0 Å². The first-order valence-corrected chi connectivity index (χ1v) is 13.0. The lowest BCUT2D eigenvalue weighted by atomic mass is 9.93. The van der Waals surface area contributed by atoms with Gasteiger partial charge in [0.2, 0.25) is 5.91 Å². The number of amides is 3. The highest BCUT2D eigenvalue weighted by atomic mass is 32.1. The normalized spacial score (nSPS) is 18.6. The molecule has 1 saturated carbocycles. The van der Waals surface area contributed by atoms with Gasteiger partial charge in [-0.3, -0.25) is 4.79 Å². The number of carbonyl (C=O) groups is 2. The van der Waals surface area contributed by atoms with Crippen LogP contribution in [0.3, 0.4) is 0 Å². The van der Waals surface area contributed by atoms with Crippen LogP contribution in [0.5, 0.6) is 0 Å². The van der Waals surface area contributed by atoms with Crippen LogP contribution in [0.1, 0.15) is 60.6 Å². The van der Waals surface area contributed by atoms with Crippen molar-refractivity contribution in [3.63, 3.8) is 0 Å². The average Bonchev–Trinajstić information content (AvgIpc) is 3.33. The van der Waals surface area contributed by atoms with E-state index in [-0.39, 0.29) is 30.6 Å². The van der Waals surface area contributed by atoms with E-state index in [1.165, 1.54) is 16.9 Å². The Hall–Kier alpha value is -2.38. The number of nitrogens with zero attached hydrogens (tertiary/aromatic N) is 2. The summed E-state index contributed by atoms with van der Waals surface area (Å²) in [6, 6.07) is 12.3. The van der Waals surface area contributed by atoms with Gasteiger partial charge in [0.05, 0.1) is 6.04 Å². The van der Waals surface area contributed by atoms with Crippen molar-refractivity contribution in [2.24, 2.45) is 0 Å². The molecular weight excluding hydrogens is 434 g/mol. The molecule has 1 fully saturated rings. The number of urea groups is 1. The smallest absolute Gasteiger partial charge is 0.318 e. The predicted molar refractivity (Wildman–Crippen MR) is 131 cm³/mol. The Labute approximate surface area is 200 Å². The summed E-state index contributed by atoms with van der Waals surface area (Å²) in [7, 11) is 1.66. The summed E-state index contributed by atoms with van der Waals surface area (Å²) < 4.78 is 5.20. The molecule has 1 aliphatic carbocycles. The number of hydrogen-bond donors (Lipinski definition) is 1. The molecule has 0 spiro atoms. The van der Waals surface area contributed by atoms with E-state index in [1.54, 1.807) is 23.3 Å². The van der Waals surface area contributed by atoms with Gasteiger partial charge >= 0.3 is 6.03 Å². The van der Waals surface area contributed by atoms with Crippen LogP contribution in [-0.4, -0.2) is 61.1 Å². The summed E-state index contributed by atoms with van der Waals surface area (Å²) in [5.41, 5.74) is 2.33. The van der Waals surface area contributed by atoms with Gasteiger partial charge in [0.25, 0.3) is 0 Å². The largest absolute Gasteiger partial charge is 0.385 e. The fraction of sp³-hybridized carbons (Fsp3) is 0.538. The van der Waals surface area contributed by atoms with Crippen molar-refractivity contribution in [3.05, 3.63) is 57.8 Å². The van der Waals surface area contributed by atoms with Crippen molar-refractivity contribution in [3.8, 4) is 0 Å². The van der Waals surface area contributed by atoms with Gasteiger partial charge in [-0.15, -0.1) is 11.3 Å². The van der Waals surface area contributed by atoms with Crippen LogP contribution in [0.25, 0.3) is 0 Å². The second-order valence-corrected chi connectivity index (χ2v) is 10.0. The van der Waals surface area contributed by atoms with Crippen LogP contribution >= 0.6 is 11.3 Å². The van der Waals surface area contributed by atoms with Crippen molar-refractivity contribution in [2.75, 3.05) is 33.4 Å². The first kappa shape index (κ1) is 23.8. The van der Waals surface area contributed by atoms with Gasteiger partial charge in [0, 0.05) is 37.7 Å². The molecular formula is C26H35N3O3S. The Morgan fingerprint density at radius 2 is 1.94 bits per heavy atom. The third kappa shape index (κ3) is 5.95. The van der Waals surface area contributed by atoms with Gasteiger partial charge in [0.15, 0.2) is 0 Å². The molecule has 1 aromatic carbocycles. The van der Waals surface area contributed by atoms with E-state index in [4.69, 9.17) is 4.74 Å². The summed E-state index contributed by atoms with van der Waals surface area (Å²) in [4.78, 5) is 31.8. The van der Waals surface area contributed by atoms with Crippen LogP contribution in [0, 0.1) is 0 Å². The summed E-state index contributed by atoms with van der Waals surface area (Å²) >= 11 is 1.76. The molecule has 33 heavy (non-hydrogen) atoms. The second-order valence-electron chi connectivity index (χ2n) is 9.00. The Kier molecular flexibility index (Phi) is 8.40. The van der Waals surface area contributed by atoms with Crippen molar-refractivity contribution in [1.29, 1.82) is 0 Å². The topological polar surface area (TPSA) is 61.9 Å². The average molecular weight is 470 g/mol. The number of rotatable bonds is 8. The minimum absolute atomic E-state index is 0.00286. The van der Waals surface area contributed by atoms with Crippen molar-refractivity contribution < 1.29 is 14.3 Å². The number of hydrogen-bond acceptors (Lipinski definition) is 4. The monoisotopic (exact) mass is 469 g/mol. The maximum Gasteiger partial charge on any atom is 0.318 e. The highest BCUT2D eigenvalue weighted by Gasteiger charge is 2.34. The molecule has 2 heterocycles. The summed E-state index contributed by atoms with van der Waals surface area (Å²) in [5, 5.41) is 5.30. The zero-order valence-corrected chi connectivity index (χ0v) is 20.3. The lowest BCUT2D eigenvalue weighted by Gasteiger charge is -2.38. The molecule has 2 aromatic rings. The quantitative estimate of drug-likeness (QED) is 0.575. The molecule has 7 heteroatoms. The van der Waals surface area contributed by atoms with Crippen LogP contribution in [0.2, 0.25) is 0 Å². The second kappa shape index (κ2) is 11.7. The lowest BCUT2D eigenvalue weighted by Crippen LogP contribution is -2.51. The van der Waals surface area contributed by atoms with E-state index < -0.39 is 0 Å². The van der Waals surface area contributed by atoms with Crippen LogP contribution in [0.4, 0.5) is 4.79 Å². The minimum Gasteiger partial charge on any atom is -0.385 e. The van der Waals surface area contributed by atoms with Gasteiger partial charge in [-0.1, -0.05) is 49.6 Å². The number of carbonyl (C=O) groups excluding carboxylic acids is 2. The standard InChI is InChI=1S/C26H35N3O3S/c1-32-17-8-15-28(26(31)27-21-11-6-3-7-12-21)19-24(30)29-16-13-23-22(14-18-33-23)25(29)20-9-4-2-5-10-20/h2,4-5,9-10,14,18,21,25H,3,6-8,11-13,15-17,19H2,1H3,(H,27,31). The predicted octanol–water partition coefficient (Wildman–Crippen LogP) is 4.60. The molecule has 1 aromatic heterocycles. The molecule has 2 aliphatic rings. The Morgan fingerprint density at radius 3 is 2.70 bits per heavy atom. The van der Waals surface area contributed by atoms with E-state index in [2.05, 4.69) is 28.9 Å². The molecule has 1 N–H and O–H groups in total. The highest BCUT2D eigenvalue weighted by molar-refractivity contribution is 7.10. The molecule has 3 amide bonds. The Bertz CT molecular complexity index is 911. The summed E-state index contributed by atoms with van der Waals surface area (Å²) in [5.74, 6) is -0.00286. The number of methoxy groups -OCH3 is 1. The highest BCUT2D eigenvalue weighted by Crippen LogP contribution is 2.37. The summed E-state index contributed by atoms with van der Waals surface area (Å²) in [6.45, 7) is 1.83. The van der Waals surface area contributed by atoms with E-state index in [1.807, 2.05) is 23.1 Å². The molecule has 1 unspecified atom stereocenters. The maximum atomic E-state index is 13.6. The Balaban J connectivity index is 1.50. The minimum atomic E-state index is -0.129. The van der Waals surface area contributed by atoms with E-state index in [0.717, 1.165) is 37.7 Å². The molecule has 4 rings (SSSR count). The van der Waals surface area contributed by atoms with Crippen LogP contribution in [0.15, 0.2) is 41.8 Å². The SMILES string of the molecule is COCCCN(CC(=O)N1CCc2sccc2C1c1ccccc1)C(=O)NC1CCCCC1. The first-order valence-electron chi connectivity index (χ1n) is 12.1. The third-order valence-electron chi connectivity index (χ3n) is 6.72. The van der Waals surface area contributed by atoms with Gasteiger partial charge in [0.1, 0.15) is 6.54 Å². The van der Waals surface area contributed by atoms with E-state index in [0.29, 0.717) is 26.1 Å². The number of fused-ring (bicyclic) bond motifs is 1. The number of ether oxygens (including phenoxy) is 1. The maximum absolute atomic E-state index is 13.6. The van der Waals surface area contributed by atoms with Gasteiger partial charge in [-0.05, 0) is 48.3 Å². The third-order valence-corrected chi connectivity index (χ3v) is 7.72. The molecule has 1 atom stereocenters. The number of nitrogens with one attached hydrogen (secondary N) is 1. The van der Waals surface area contributed by atoms with Gasteiger partial charge in [-0.2, -0.15) is 0 Å². The lowest BCUT2D eigenvalue weighted by molar-refractivity contribution is -0.134. The molecule has 178 valence electrons. The molecule has 1 aliphatic heterocycles. The molecule has 0 saturated heterocycles. The zero-order chi connectivity index (χ0) is 23.0. The first-order chi connectivity index (χ1) is 16.2. The molecule has 0 radical (unpaired) electrons. The summed E-state index contributed by atoms with van der Waals surface area (Å²) in [6.07, 6.45) is 7.16. The van der Waals surface area contributed by atoms with Crippen molar-refractivity contribution in [2.45, 2.75) is 57.0 Å². The Morgan fingerprint density at radius 1 is 1.15 bits per heavy atom. The number of benzene rings is 1. The van der Waals surface area contributed by atoms with Gasteiger partial charge in [-0.25, -0.2) is 4.79 Å². The van der Waals surface area contributed by atoms with Gasteiger partial charge < -0.3 is 19.9 Å². The number of thiophene rings is 1. The van der Waals surface area contributed by atoms with Crippen molar-refractivity contribution >= 4 is 23.3 Å². The zero-order valence-electron chi connectivity index (χ0n) is 19.5. The molecule has 0 bridgehead atoms.